The lowest BCUT2D eigenvalue weighted by Gasteiger charge is -2.42. The zero-order valence-electron chi connectivity index (χ0n) is 12.8. The molecule has 0 heterocycles. The van der Waals surface area contributed by atoms with Crippen molar-refractivity contribution in [2.45, 2.75) is 38.9 Å². The SMILES string of the molecule is CC[Si](CC)(CC)N(c1ccccc1)c1ccccc1. The van der Waals surface area contributed by atoms with Crippen molar-refractivity contribution >= 4 is 19.6 Å². The second-order valence-corrected chi connectivity index (χ2v) is 10.3. The van der Waals surface area contributed by atoms with Crippen molar-refractivity contribution in [3.63, 3.8) is 0 Å². The highest BCUT2D eigenvalue weighted by atomic mass is 28.3. The standard InChI is InChI=1S/C18H25NSi/c1-4-20(5-2,6-3)19(17-13-9-7-10-14-17)18-15-11-8-12-16-18/h7-16H,4-6H2,1-3H3. The highest BCUT2D eigenvalue weighted by molar-refractivity contribution is 6.84. The van der Waals surface area contributed by atoms with Gasteiger partial charge < -0.3 is 4.57 Å². The average molecular weight is 283 g/mol. The smallest absolute Gasteiger partial charge is 0.161 e. The number of rotatable bonds is 6. The molecule has 2 aromatic rings. The molecule has 1 nitrogen and oxygen atoms in total. The summed E-state index contributed by atoms with van der Waals surface area (Å²) in [5.74, 6) is 0. The van der Waals surface area contributed by atoms with Crippen LogP contribution in [0.3, 0.4) is 0 Å². The third-order valence-electron chi connectivity index (χ3n) is 4.48. The van der Waals surface area contributed by atoms with Gasteiger partial charge in [-0.05, 0) is 42.4 Å². The van der Waals surface area contributed by atoms with Gasteiger partial charge in [-0.2, -0.15) is 0 Å². The zero-order chi connectivity index (χ0) is 14.4. The molecular weight excluding hydrogens is 258 g/mol. The molecule has 0 saturated heterocycles. The van der Waals surface area contributed by atoms with Gasteiger partial charge in [0.25, 0.3) is 0 Å². The van der Waals surface area contributed by atoms with E-state index < -0.39 is 8.24 Å². The van der Waals surface area contributed by atoms with E-state index in [-0.39, 0.29) is 0 Å². The van der Waals surface area contributed by atoms with E-state index >= 15 is 0 Å². The lowest BCUT2D eigenvalue weighted by molar-refractivity contribution is 1.11. The van der Waals surface area contributed by atoms with Gasteiger partial charge in [-0.15, -0.1) is 0 Å². The van der Waals surface area contributed by atoms with Crippen LogP contribution in [0.1, 0.15) is 20.8 Å². The van der Waals surface area contributed by atoms with Crippen molar-refractivity contribution in [1.29, 1.82) is 0 Å². The molecular formula is C18H25NSi. The van der Waals surface area contributed by atoms with Gasteiger partial charge >= 0.3 is 0 Å². The second kappa shape index (κ2) is 6.75. The summed E-state index contributed by atoms with van der Waals surface area (Å²) in [4.78, 5) is 0. The Balaban J connectivity index is 2.55. The van der Waals surface area contributed by atoms with Gasteiger partial charge in [-0.1, -0.05) is 57.2 Å². The van der Waals surface area contributed by atoms with Crippen LogP contribution in [0.15, 0.2) is 60.7 Å². The Labute approximate surface area is 124 Å². The first-order valence-corrected chi connectivity index (χ1v) is 10.2. The van der Waals surface area contributed by atoms with E-state index in [2.05, 4.69) is 86.0 Å². The predicted octanol–water partition coefficient (Wildman–Crippen LogP) is 5.83. The van der Waals surface area contributed by atoms with Gasteiger partial charge in [0.1, 0.15) is 0 Å². The fraction of sp³-hybridized carbons (Fsp3) is 0.333. The molecule has 0 fully saturated rings. The monoisotopic (exact) mass is 283 g/mol. The van der Waals surface area contributed by atoms with E-state index in [9.17, 15) is 0 Å². The molecule has 0 saturated carbocycles. The number of anilines is 2. The van der Waals surface area contributed by atoms with Crippen LogP contribution in [-0.4, -0.2) is 8.24 Å². The van der Waals surface area contributed by atoms with Crippen LogP contribution in [0.4, 0.5) is 11.4 Å². The summed E-state index contributed by atoms with van der Waals surface area (Å²) in [6, 6.07) is 25.6. The molecule has 106 valence electrons. The second-order valence-electron chi connectivity index (χ2n) is 5.29. The van der Waals surface area contributed by atoms with Crippen molar-refractivity contribution in [3.8, 4) is 0 Å². The van der Waals surface area contributed by atoms with Crippen LogP contribution >= 0.6 is 0 Å². The van der Waals surface area contributed by atoms with Crippen LogP contribution < -0.4 is 4.57 Å². The van der Waals surface area contributed by atoms with E-state index in [1.807, 2.05) is 0 Å². The number of hydrogen-bond donors (Lipinski definition) is 0. The quantitative estimate of drug-likeness (QED) is 0.603. The largest absolute Gasteiger partial charge is 0.369 e. The summed E-state index contributed by atoms with van der Waals surface area (Å²) in [6.45, 7) is 7.08. The molecule has 2 aromatic carbocycles. The van der Waals surface area contributed by atoms with Gasteiger partial charge in [0.05, 0.1) is 0 Å². The lowest BCUT2D eigenvalue weighted by Crippen LogP contribution is -2.49. The van der Waals surface area contributed by atoms with Gasteiger partial charge in [0.15, 0.2) is 8.24 Å². The predicted molar refractivity (Wildman–Crippen MR) is 92.2 cm³/mol. The Morgan fingerprint density at radius 2 is 1.00 bits per heavy atom. The Morgan fingerprint density at radius 3 is 1.30 bits per heavy atom. The van der Waals surface area contributed by atoms with E-state index in [1.165, 1.54) is 29.5 Å². The fourth-order valence-corrected chi connectivity index (χ4v) is 6.92. The van der Waals surface area contributed by atoms with Gasteiger partial charge in [0.2, 0.25) is 0 Å². The van der Waals surface area contributed by atoms with Crippen LogP contribution in [0.5, 0.6) is 0 Å². The molecule has 0 spiro atoms. The van der Waals surface area contributed by atoms with E-state index in [4.69, 9.17) is 0 Å². The van der Waals surface area contributed by atoms with Crippen LogP contribution in [0, 0.1) is 0 Å². The third kappa shape index (κ3) is 2.80. The number of para-hydroxylation sites is 2. The summed E-state index contributed by atoms with van der Waals surface area (Å²) in [6.07, 6.45) is 0. The maximum absolute atomic E-state index is 2.66. The highest BCUT2D eigenvalue weighted by Crippen LogP contribution is 2.36. The normalized spacial score (nSPS) is 11.3. The van der Waals surface area contributed by atoms with Crippen LogP contribution in [0.2, 0.25) is 18.1 Å². The maximum atomic E-state index is 2.66. The Hall–Kier alpha value is -1.54. The summed E-state index contributed by atoms with van der Waals surface area (Å²) in [7, 11) is -1.50. The lowest BCUT2D eigenvalue weighted by atomic mass is 10.3. The van der Waals surface area contributed by atoms with E-state index in [0.29, 0.717) is 0 Å². The summed E-state index contributed by atoms with van der Waals surface area (Å²) >= 11 is 0. The number of benzene rings is 2. The fourth-order valence-electron chi connectivity index (χ4n) is 3.08. The summed E-state index contributed by atoms with van der Waals surface area (Å²) in [5.41, 5.74) is 2.69. The van der Waals surface area contributed by atoms with Crippen molar-refractivity contribution in [2.75, 3.05) is 4.57 Å². The minimum atomic E-state index is -1.50. The molecule has 0 aliphatic carbocycles. The Bertz CT molecular complexity index is 458. The molecule has 0 aliphatic rings. The van der Waals surface area contributed by atoms with Gasteiger partial charge in [-0.3, -0.25) is 0 Å². The molecule has 0 amide bonds. The van der Waals surface area contributed by atoms with Gasteiger partial charge in [0, 0.05) is 11.4 Å². The topological polar surface area (TPSA) is 3.24 Å². The average Bonchev–Trinajstić information content (AvgIpc) is 2.54. The molecule has 0 unspecified atom stereocenters. The van der Waals surface area contributed by atoms with E-state index in [0.717, 1.165) is 0 Å². The van der Waals surface area contributed by atoms with Crippen molar-refractivity contribution < 1.29 is 0 Å². The summed E-state index contributed by atoms with van der Waals surface area (Å²) < 4.78 is 2.66. The molecule has 0 N–H and O–H groups in total. The summed E-state index contributed by atoms with van der Waals surface area (Å²) in [5, 5.41) is 0. The molecule has 0 bridgehead atoms. The first-order chi connectivity index (χ1) is 9.77. The van der Waals surface area contributed by atoms with Gasteiger partial charge in [-0.25, -0.2) is 0 Å². The molecule has 0 radical (unpaired) electrons. The first-order valence-electron chi connectivity index (χ1n) is 7.67. The van der Waals surface area contributed by atoms with Crippen LogP contribution in [0.25, 0.3) is 0 Å². The molecule has 2 rings (SSSR count). The molecule has 2 heteroatoms. The van der Waals surface area contributed by atoms with Crippen molar-refractivity contribution in [2.24, 2.45) is 0 Å². The maximum Gasteiger partial charge on any atom is 0.161 e. The Kier molecular flexibility index (Phi) is 5.02. The highest BCUT2D eigenvalue weighted by Gasteiger charge is 2.35. The molecule has 0 aromatic heterocycles. The first kappa shape index (κ1) is 14.9. The minimum Gasteiger partial charge on any atom is -0.369 e. The molecule has 0 atom stereocenters. The minimum absolute atomic E-state index is 1.28. The molecule has 0 aliphatic heterocycles. The van der Waals surface area contributed by atoms with Crippen molar-refractivity contribution in [3.05, 3.63) is 60.7 Å². The zero-order valence-corrected chi connectivity index (χ0v) is 13.8. The molecule has 20 heavy (non-hydrogen) atoms. The third-order valence-corrected chi connectivity index (χ3v) is 9.89. The van der Waals surface area contributed by atoms with E-state index in [1.54, 1.807) is 0 Å². The number of hydrogen-bond acceptors (Lipinski definition) is 1. The van der Waals surface area contributed by atoms with Crippen LogP contribution in [-0.2, 0) is 0 Å². The van der Waals surface area contributed by atoms with Crippen molar-refractivity contribution in [1.82, 2.24) is 0 Å². The Morgan fingerprint density at radius 1 is 0.650 bits per heavy atom. The number of nitrogens with zero attached hydrogens (tertiary/aromatic N) is 1.